The van der Waals surface area contributed by atoms with Crippen molar-refractivity contribution < 1.29 is 4.74 Å². The van der Waals surface area contributed by atoms with Gasteiger partial charge in [-0.3, -0.25) is 0 Å². The number of hydrogen-bond acceptors (Lipinski definition) is 2. The van der Waals surface area contributed by atoms with Crippen LogP contribution < -0.4 is 5.32 Å². The Morgan fingerprint density at radius 2 is 1.75 bits per heavy atom. The number of nitrogens with one attached hydrogen (secondary N) is 1. The van der Waals surface area contributed by atoms with E-state index in [0.29, 0.717) is 17.9 Å². The summed E-state index contributed by atoms with van der Waals surface area (Å²) in [7, 11) is 1.80. The fraction of sp³-hybridized carbons (Fsp3) is 1.00. The molecule has 0 amide bonds. The summed E-state index contributed by atoms with van der Waals surface area (Å²) >= 11 is 0. The number of ether oxygens (including phenoxy) is 1. The van der Waals surface area contributed by atoms with Crippen molar-refractivity contribution in [3.8, 4) is 0 Å². The van der Waals surface area contributed by atoms with Gasteiger partial charge in [-0.2, -0.15) is 0 Å². The maximum Gasteiger partial charge on any atom is 0.0625 e. The summed E-state index contributed by atoms with van der Waals surface area (Å²) in [6.45, 7) is 14.6. The van der Waals surface area contributed by atoms with Crippen LogP contribution in [0.2, 0.25) is 0 Å². The molecule has 0 bridgehead atoms. The van der Waals surface area contributed by atoms with Gasteiger partial charge in [0, 0.05) is 13.2 Å². The molecule has 2 heteroatoms. The van der Waals surface area contributed by atoms with Crippen molar-refractivity contribution in [3.63, 3.8) is 0 Å². The Balaban J connectivity index is 4.32. The molecule has 0 heterocycles. The van der Waals surface area contributed by atoms with Crippen molar-refractivity contribution in [2.24, 2.45) is 11.8 Å². The van der Waals surface area contributed by atoms with Crippen molar-refractivity contribution in [3.05, 3.63) is 0 Å². The lowest BCUT2D eigenvalue weighted by Crippen LogP contribution is -2.42. The Bertz CT molecular complexity index is 178. The van der Waals surface area contributed by atoms with Crippen LogP contribution in [0.1, 0.15) is 54.4 Å². The Morgan fingerprint density at radius 3 is 2.12 bits per heavy atom. The summed E-state index contributed by atoms with van der Waals surface area (Å²) in [5.74, 6) is 1.32. The van der Waals surface area contributed by atoms with Gasteiger partial charge in [-0.05, 0) is 45.1 Å². The van der Waals surface area contributed by atoms with Gasteiger partial charge in [-0.15, -0.1) is 0 Å². The highest BCUT2D eigenvalue weighted by atomic mass is 16.5. The van der Waals surface area contributed by atoms with Gasteiger partial charge in [0.25, 0.3) is 0 Å². The van der Waals surface area contributed by atoms with E-state index in [2.05, 4.69) is 46.9 Å². The molecule has 2 nitrogen and oxygen atoms in total. The van der Waals surface area contributed by atoms with Gasteiger partial charge in [0.05, 0.1) is 5.60 Å². The van der Waals surface area contributed by atoms with Crippen molar-refractivity contribution in [1.29, 1.82) is 0 Å². The summed E-state index contributed by atoms with van der Waals surface area (Å²) in [5, 5.41) is 3.66. The lowest BCUT2D eigenvalue weighted by atomic mass is 9.84. The number of rotatable bonds is 8. The fourth-order valence-electron chi connectivity index (χ4n) is 2.39. The Morgan fingerprint density at radius 1 is 1.19 bits per heavy atom. The van der Waals surface area contributed by atoms with E-state index in [1.54, 1.807) is 7.11 Å². The zero-order valence-electron chi connectivity index (χ0n) is 12.3. The molecule has 0 spiro atoms. The van der Waals surface area contributed by atoms with Gasteiger partial charge >= 0.3 is 0 Å². The molecule has 2 unspecified atom stereocenters. The van der Waals surface area contributed by atoms with Gasteiger partial charge in [-0.25, -0.2) is 0 Å². The second-order valence-corrected chi connectivity index (χ2v) is 5.87. The molecule has 0 aromatic carbocycles. The molecule has 0 aromatic heterocycles. The van der Waals surface area contributed by atoms with Crippen LogP contribution >= 0.6 is 0 Å². The first-order chi connectivity index (χ1) is 7.34. The molecule has 0 aliphatic rings. The third-order valence-corrected chi connectivity index (χ3v) is 3.33. The van der Waals surface area contributed by atoms with Gasteiger partial charge in [0.1, 0.15) is 0 Å². The largest absolute Gasteiger partial charge is 0.379 e. The highest BCUT2D eigenvalue weighted by Gasteiger charge is 2.27. The zero-order valence-corrected chi connectivity index (χ0v) is 12.3. The average molecular weight is 229 g/mol. The van der Waals surface area contributed by atoms with Gasteiger partial charge in [-0.1, -0.05) is 27.7 Å². The number of methoxy groups -OCH3 is 1. The molecular formula is C14H31NO. The highest BCUT2D eigenvalue weighted by Crippen LogP contribution is 2.24. The standard InChI is InChI=1S/C14H31NO/c1-8-9-15-13(11(2)3)12(4)10-14(5,6)16-7/h11-13,15H,8-10H2,1-7H3. The predicted molar refractivity (Wildman–Crippen MR) is 71.8 cm³/mol. The normalized spacial score (nSPS) is 16.5. The SMILES string of the molecule is CCCNC(C(C)C)C(C)CC(C)(C)OC. The van der Waals surface area contributed by atoms with Crippen molar-refractivity contribution in [2.75, 3.05) is 13.7 Å². The molecule has 0 saturated carbocycles. The van der Waals surface area contributed by atoms with Crippen molar-refractivity contribution in [1.82, 2.24) is 5.32 Å². The maximum absolute atomic E-state index is 5.51. The summed E-state index contributed by atoms with van der Waals surface area (Å²) in [6.07, 6.45) is 2.30. The third-order valence-electron chi connectivity index (χ3n) is 3.33. The summed E-state index contributed by atoms with van der Waals surface area (Å²) in [6, 6.07) is 0.592. The Labute approximate surface area is 102 Å². The van der Waals surface area contributed by atoms with Crippen molar-refractivity contribution in [2.45, 2.75) is 66.0 Å². The fourth-order valence-corrected chi connectivity index (χ4v) is 2.39. The second kappa shape index (κ2) is 7.29. The second-order valence-electron chi connectivity index (χ2n) is 5.87. The first-order valence-electron chi connectivity index (χ1n) is 6.62. The van der Waals surface area contributed by atoms with Crippen LogP contribution in [-0.4, -0.2) is 25.3 Å². The van der Waals surface area contributed by atoms with E-state index in [-0.39, 0.29) is 5.60 Å². The molecule has 0 saturated heterocycles. The van der Waals surface area contributed by atoms with Crippen LogP contribution in [-0.2, 0) is 4.74 Å². The van der Waals surface area contributed by atoms with E-state index in [4.69, 9.17) is 4.74 Å². The topological polar surface area (TPSA) is 21.3 Å². The molecule has 0 aliphatic carbocycles. The molecule has 98 valence electrons. The first kappa shape index (κ1) is 15.9. The van der Waals surface area contributed by atoms with E-state index in [1.165, 1.54) is 6.42 Å². The smallest absolute Gasteiger partial charge is 0.0625 e. The summed E-state index contributed by atoms with van der Waals surface area (Å²) in [5.41, 5.74) is -0.0134. The predicted octanol–water partition coefficient (Wildman–Crippen LogP) is 3.46. The van der Waals surface area contributed by atoms with Crippen LogP contribution in [0.25, 0.3) is 0 Å². The average Bonchev–Trinajstić information content (AvgIpc) is 2.17. The lowest BCUT2D eigenvalue weighted by molar-refractivity contribution is -0.00243. The molecule has 0 fully saturated rings. The molecule has 0 radical (unpaired) electrons. The van der Waals surface area contributed by atoms with Crippen LogP contribution in [0.3, 0.4) is 0 Å². The molecule has 0 aromatic rings. The van der Waals surface area contributed by atoms with E-state index in [9.17, 15) is 0 Å². The minimum Gasteiger partial charge on any atom is -0.379 e. The zero-order chi connectivity index (χ0) is 12.8. The Kier molecular flexibility index (Phi) is 7.25. The van der Waals surface area contributed by atoms with Crippen LogP contribution in [0, 0.1) is 11.8 Å². The van der Waals surface area contributed by atoms with E-state index in [1.807, 2.05) is 0 Å². The minimum atomic E-state index is -0.0134. The molecule has 2 atom stereocenters. The van der Waals surface area contributed by atoms with Crippen LogP contribution in [0.15, 0.2) is 0 Å². The van der Waals surface area contributed by atoms with E-state index in [0.717, 1.165) is 13.0 Å². The first-order valence-corrected chi connectivity index (χ1v) is 6.62. The molecular weight excluding hydrogens is 198 g/mol. The molecule has 16 heavy (non-hydrogen) atoms. The molecule has 0 aliphatic heterocycles. The number of hydrogen-bond donors (Lipinski definition) is 1. The highest BCUT2D eigenvalue weighted by molar-refractivity contribution is 4.82. The van der Waals surface area contributed by atoms with Crippen molar-refractivity contribution >= 4 is 0 Å². The van der Waals surface area contributed by atoms with Gasteiger partial charge in [0.2, 0.25) is 0 Å². The van der Waals surface area contributed by atoms with Crippen LogP contribution in [0.5, 0.6) is 0 Å². The maximum atomic E-state index is 5.51. The van der Waals surface area contributed by atoms with Gasteiger partial charge in [0.15, 0.2) is 0 Å². The van der Waals surface area contributed by atoms with Crippen LogP contribution in [0.4, 0.5) is 0 Å². The molecule has 0 rings (SSSR count). The summed E-state index contributed by atoms with van der Waals surface area (Å²) < 4.78 is 5.51. The van der Waals surface area contributed by atoms with E-state index >= 15 is 0 Å². The third kappa shape index (κ3) is 5.86. The van der Waals surface area contributed by atoms with Gasteiger partial charge < -0.3 is 10.1 Å². The lowest BCUT2D eigenvalue weighted by Gasteiger charge is -2.34. The monoisotopic (exact) mass is 229 g/mol. The Hall–Kier alpha value is -0.0800. The minimum absolute atomic E-state index is 0.0134. The molecule has 1 N–H and O–H groups in total. The summed E-state index contributed by atoms with van der Waals surface area (Å²) in [4.78, 5) is 0. The van der Waals surface area contributed by atoms with E-state index < -0.39 is 0 Å². The quantitative estimate of drug-likeness (QED) is 0.688.